The fourth-order valence-corrected chi connectivity index (χ4v) is 2.35. The van der Waals surface area contributed by atoms with Gasteiger partial charge < -0.3 is 15.8 Å². The number of carbonyl (C=O) groups excluding carboxylic acids is 2. The Kier molecular flexibility index (Phi) is 6.05. The Labute approximate surface area is 143 Å². The maximum absolute atomic E-state index is 14.0. The minimum atomic E-state index is -0.731. The van der Waals surface area contributed by atoms with Crippen molar-refractivity contribution in [2.75, 3.05) is 6.61 Å². The maximum Gasteiger partial charge on any atom is 0.255 e. The third-order valence-corrected chi connectivity index (χ3v) is 3.55. The third-order valence-electron chi connectivity index (χ3n) is 3.55. The van der Waals surface area contributed by atoms with Crippen LogP contribution in [0.4, 0.5) is 8.78 Å². The molecule has 0 aliphatic rings. The molecule has 7 heteroatoms. The van der Waals surface area contributed by atoms with Gasteiger partial charge in [-0.05, 0) is 24.6 Å². The second-order valence-corrected chi connectivity index (χ2v) is 5.35. The molecule has 0 aromatic heterocycles. The number of carbonyl (C=O) groups is 2. The molecule has 2 amide bonds. The molecule has 0 aliphatic heterocycles. The number of rotatable bonds is 7. The van der Waals surface area contributed by atoms with E-state index in [0.717, 1.165) is 12.1 Å². The van der Waals surface area contributed by atoms with E-state index >= 15 is 0 Å². The Morgan fingerprint density at radius 1 is 1.20 bits per heavy atom. The summed E-state index contributed by atoms with van der Waals surface area (Å²) in [7, 11) is 0. The normalized spacial score (nSPS) is 11.6. The van der Waals surface area contributed by atoms with Crippen molar-refractivity contribution in [1.82, 2.24) is 5.32 Å². The highest BCUT2D eigenvalue weighted by Gasteiger charge is 2.20. The van der Waals surface area contributed by atoms with E-state index in [1.165, 1.54) is 18.2 Å². The molecule has 0 aliphatic carbocycles. The molecule has 2 aromatic rings. The van der Waals surface area contributed by atoms with Gasteiger partial charge in [-0.2, -0.15) is 0 Å². The molecule has 0 bridgehead atoms. The number of ether oxygens (including phenoxy) is 1. The van der Waals surface area contributed by atoms with Crippen LogP contribution in [0.25, 0.3) is 0 Å². The average molecular weight is 348 g/mol. The van der Waals surface area contributed by atoms with Crippen LogP contribution in [0.2, 0.25) is 0 Å². The van der Waals surface area contributed by atoms with Crippen LogP contribution in [-0.2, 0) is 4.79 Å². The van der Waals surface area contributed by atoms with Crippen molar-refractivity contribution in [3.05, 3.63) is 65.2 Å². The van der Waals surface area contributed by atoms with Gasteiger partial charge in [0.15, 0.2) is 6.61 Å². The first kappa shape index (κ1) is 18.4. The molecule has 132 valence electrons. The summed E-state index contributed by atoms with van der Waals surface area (Å²) < 4.78 is 32.2. The molecule has 2 rings (SSSR count). The number of para-hydroxylation sites is 1. The SMILES string of the molecule is CC[C@@H](NC(=O)c1ccccc1OCC(N)=O)c1ccc(F)cc1F. The smallest absolute Gasteiger partial charge is 0.255 e. The zero-order valence-corrected chi connectivity index (χ0v) is 13.6. The van der Waals surface area contributed by atoms with Gasteiger partial charge in [-0.1, -0.05) is 25.1 Å². The maximum atomic E-state index is 14.0. The Morgan fingerprint density at radius 2 is 1.92 bits per heavy atom. The predicted molar refractivity (Wildman–Crippen MR) is 88.0 cm³/mol. The summed E-state index contributed by atoms with van der Waals surface area (Å²) in [5.41, 5.74) is 5.41. The predicted octanol–water partition coefficient (Wildman–Crippen LogP) is 2.71. The molecule has 0 unspecified atom stereocenters. The molecule has 0 saturated carbocycles. The van der Waals surface area contributed by atoms with E-state index in [-0.39, 0.29) is 23.5 Å². The molecule has 0 heterocycles. The van der Waals surface area contributed by atoms with Crippen molar-refractivity contribution >= 4 is 11.8 Å². The average Bonchev–Trinajstić information content (AvgIpc) is 2.58. The van der Waals surface area contributed by atoms with Gasteiger partial charge in [0.2, 0.25) is 0 Å². The first-order valence-corrected chi connectivity index (χ1v) is 7.68. The van der Waals surface area contributed by atoms with Crippen LogP contribution < -0.4 is 15.8 Å². The lowest BCUT2D eigenvalue weighted by atomic mass is 10.0. The fraction of sp³-hybridized carbons (Fsp3) is 0.222. The number of benzene rings is 2. The molecular formula is C18H18F2N2O3. The van der Waals surface area contributed by atoms with Crippen LogP contribution >= 0.6 is 0 Å². The standard InChI is InChI=1S/C18H18F2N2O3/c1-2-15(12-8-7-11(19)9-14(12)20)22-18(24)13-5-3-4-6-16(13)25-10-17(21)23/h3-9,15H,2,10H2,1H3,(H2,21,23)(H,22,24)/t15-/m1/s1. The largest absolute Gasteiger partial charge is 0.483 e. The summed E-state index contributed by atoms with van der Waals surface area (Å²) in [5.74, 6) is -2.41. The number of primary amides is 1. The number of hydrogen-bond donors (Lipinski definition) is 2. The molecule has 0 spiro atoms. The Morgan fingerprint density at radius 3 is 2.56 bits per heavy atom. The van der Waals surface area contributed by atoms with Crippen LogP contribution in [0.3, 0.4) is 0 Å². The highest BCUT2D eigenvalue weighted by Crippen LogP contribution is 2.23. The van der Waals surface area contributed by atoms with Gasteiger partial charge in [0.1, 0.15) is 17.4 Å². The number of hydrogen-bond acceptors (Lipinski definition) is 3. The van der Waals surface area contributed by atoms with Crippen LogP contribution in [0.1, 0.15) is 35.3 Å². The quantitative estimate of drug-likeness (QED) is 0.807. The van der Waals surface area contributed by atoms with Gasteiger partial charge >= 0.3 is 0 Å². The summed E-state index contributed by atoms with van der Waals surface area (Å²) in [6.45, 7) is 1.40. The summed E-state index contributed by atoms with van der Waals surface area (Å²) >= 11 is 0. The molecule has 0 fully saturated rings. The van der Waals surface area contributed by atoms with Gasteiger partial charge in [-0.15, -0.1) is 0 Å². The second-order valence-electron chi connectivity index (χ2n) is 5.35. The lowest BCUT2D eigenvalue weighted by molar-refractivity contribution is -0.119. The van der Waals surface area contributed by atoms with Crippen molar-refractivity contribution < 1.29 is 23.1 Å². The summed E-state index contributed by atoms with van der Waals surface area (Å²) in [6.07, 6.45) is 0.401. The minimum Gasteiger partial charge on any atom is -0.483 e. The highest BCUT2D eigenvalue weighted by atomic mass is 19.1. The molecule has 5 nitrogen and oxygen atoms in total. The highest BCUT2D eigenvalue weighted by molar-refractivity contribution is 5.97. The number of halogens is 2. The molecule has 3 N–H and O–H groups in total. The minimum absolute atomic E-state index is 0.185. The van der Waals surface area contributed by atoms with Gasteiger partial charge in [0, 0.05) is 11.6 Å². The molecule has 2 aromatic carbocycles. The lowest BCUT2D eigenvalue weighted by Gasteiger charge is -2.19. The van der Waals surface area contributed by atoms with E-state index in [1.54, 1.807) is 19.1 Å². The molecule has 25 heavy (non-hydrogen) atoms. The Bertz CT molecular complexity index is 781. The fourth-order valence-electron chi connectivity index (χ4n) is 2.35. The molecule has 0 radical (unpaired) electrons. The van der Waals surface area contributed by atoms with Gasteiger partial charge in [-0.3, -0.25) is 9.59 Å². The first-order valence-electron chi connectivity index (χ1n) is 7.68. The van der Waals surface area contributed by atoms with Crippen LogP contribution in [0.15, 0.2) is 42.5 Å². The third kappa shape index (κ3) is 4.76. The number of amides is 2. The zero-order chi connectivity index (χ0) is 18.4. The van der Waals surface area contributed by atoms with E-state index < -0.39 is 29.5 Å². The summed E-state index contributed by atoms with van der Waals surface area (Å²) in [4.78, 5) is 23.4. The van der Waals surface area contributed by atoms with Gasteiger partial charge in [0.25, 0.3) is 11.8 Å². The van der Waals surface area contributed by atoms with Crippen molar-refractivity contribution in [1.29, 1.82) is 0 Å². The van der Waals surface area contributed by atoms with Crippen LogP contribution in [-0.4, -0.2) is 18.4 Å². The summed E-state index contributed by atoms with van der Waals surface area (Å²) in [5, 5.41) is 2.69. The van der Waals surface area contributed by atoms with Crippen molar-refractivity contribution in [2.45, 2.75) is 19.4 Å². The second kappa shape index (κ2) is 8.23. The van der Waals surface area contributed by atoms with Crippen LogP contribution in [0, 0.1) is 11.6 Å². The molecular weight excluding hydrogens is 330 g/mol. The number of nitrogens with two attached hydrogens (primary N) is 1. The first-order chi connectivity index (χ1) is 11.9. The van der Waals surface area contributed by atoms with E-state index in [0.29, 0.717) is 6.42 Å². The lowest BCUT2D eigenvalue weighted by Crippen LogP contribution is -2.29. The van der Waals surface area contributed by atoms with Crippen LogP contribution in [0.5, 0.6) is 5.75 Å². The summed E-state index contributed by atoms with van der Waals surface area (Å²) in [6, 6.07) is 8.88. The molecule has 0 saturated heterocycles. The molecule has 1 atom stereocenters. The van der Waals surface area contributed by atoms with Gasteiger partial charge in [0.05, 0.1) is 11.6 Å². The monoisotopic (exact) mass is 348 g/mol. The van der Waals surface area contributed by atoms with E-state index in [4.69, 9.17) is 10.5 Å². The Hall–Kier alpha value is -2.96. The van der Waals surface area contributed by atoms with Crippen molar-refractivity contribution in [3.8, 4) is 5.75 Å². The van der Waals surface area contributed by atoms with E-state index in [1.807, 2.05) is 0 Å². The number of nitrogens with one attached hydrogen (secondary N) is 1. The zero-order valence-electron chi connectivity index (χ0n) is 13.6. The van der Waals surface area contributed by atoms with Crippen molar-refractivity contribution in [2.24, 2.45) is 5.73 Å². The Balaban J connectivity index is 2.21. The topological polar surface area (TPSA) is 81.4 Å². The van der Waals surface area contributed by atoms with Crippen molar-refractivity contribution in [3.63, 3.8) is 0 Å². The van der Waals surface area contributed by atoms with Gasteiger partial charge in [-0.25, -0.2) is 8.78 Å². The van der Waals surface area contributed by atoms with E-state index in [9.17, 15) is 18.4 Å². The van der Waals surface area contributed by atoms with E-state index in [2.05, 4.69) is 5.32 Å².